The first-order chi connectivity index (χ1) is 8.71. The van der Waals surface area contributed by atoms with Crippen LogP contribution in [0.15, 0.2) is 0 Å². The van der Waals surface area contributed by atoms with Gasteiger partial charge in [0.2, 0.25) is 0 Å². The molecule has 1 saturated heterocycles. The number of rotatable bonds is 3. The molecular weight excluding hydrogens is 244 g/mol. The highest BCUT2D eigenvalue weighted by Crippen LogP contribution is 2.24. The molecule has 0 aromatic heterocycles. The van der Waals surface area contributed by atoms with E-state index in [1.165, 1.54) is 0 Å². The molecule has 0 aromatic rings. The summed E-state index contributed by atoms with van der Waals surface area (Å²) in [4.78, 5) is 24.6. The second kappa shape index (κ2) is 6.26. The highest BCUT2D eigenvalue weighted by Gasteiger charge is 2.28. The van der Waals surface area contributed by atoms with E-state index in [0.717, 1.165) is 6.42 Å². The third kappa shape index (κ3) is 4.73. The minimum absolute atomic E-state index is 0.137. The first kappa shape index (κ1) is 15.8. The fourth-order valence-corrected chi connectivity index (χ4v) is 2.02. The molecule has 2 atom stereocenters. The fraction of sp³-hybridized carbons (Fsp3) is 0.857. The van der Waals surface area contributed by atoms with Crippen molar-refractivity contribution in [3.8, 4) is 0 Å². The standard InChI is InChI=1S/C14H26N2O3/c1-10(14(2,3)4)8-15-13(19)16-7-5-6-11(9-16)12(17)18/h10-11H,5-9H2,1-4H3,(H,15,19)(H,17,18)/t10?,11-/m0/s1. The predicted molar refractivity (Wildman–Crippen MR) is 74.0 cm³/mol. The first-order valence-electron chi connectivity index (χ1n) is 6.97. The molecule has 0 aromatic carbocycles. The van der Waals surface area contributed by atoms with E-state index in [-0.39, 0.29) is 11.4 Å². The van der Waals surface area contributed by atoms with Crippen LogP contribution in [0.3, 0.4) is 0 Å². The molecule has 5 nitrogen and oxygen atoms in total. The summed E-state index contributed by atoms with van der Waals surface area (Å²) in [6.07, 6.45) is 1.43. The van der Waals surface area contributed by atoms with Gasteiger partial charge in [-0.1, -0.05) is 27.7 Å². The summed E-state index contributed by atoms with van der Waals surface area (Å²) in [5.74, 6) is -0.850. The third-order valence-electron chi connectivity index (χ3n) is 4.10. The van der Waals surface area contributed by atoms with Crippen LogP contribution in [0.5, 0.6) is 0 Å². The Kier molecular flexibility index (Phi) is 5.20. The molecule has 1 unspecified atom stereocenters. The van der Waals surface area contributed by atoms with Crippen LogP contribution in [-0.4, -0.2) is 41.6 Å². The number of hydrogen-bond donors (Lipinski definition) is 2. The molecule has 1 aliphatic rings. The van der Waals surface area contributed by atoms with E-state index in [9.17, 15) is 9.59 Å². The number of carboxylic acid groups (broad SMARTS) is 1. The van der Waals surface area contributed by atoms with Gasteiger partial charge in [0, 0.05) is 19.6 Å². The maximum atomic E-state index is 12.0. The second-order valence-electron chi connectivity index (χ2n) is 6.58. The molecule has 0 saturated carbocycles. The van der Waals surface area contributed by atoms with Crippen LogP contribution in [0, 0.1) is 17.3 Å². The summed E-state index contributed by atoms with van der Waals surface area (Å²) in [5.41, 5.74) is 0.152. The topological polar surface area (TPSA) is 69.6 Å². The van der Waals surface area contributed by atoms with Crippen molar-refractivity contribution in [2.75, 3.05) is 19.6 Å². The highest BCUT2D eigenvalue weighted by molar-refractivity contribution is 5.76. The van der Waals surface area contributed by atoms with E-state index in [2.05, 4.69) is 33.0 Å². The molecular formula is C14H26N2O3. The average Bonchev–Trinajstić information content (AvgIpc) is 2.34. The van der Waals surface area contributed by atoms with E-state index in [4.69, 9.17) is 5.11 Å². The monoisotopic (exact) mass is 270 g/mol. The van der Waals surface area contributed by atoms with Crippen LogP contribution in [0.2, 0.25) is 0 Å². The summed E-state index contributed by atoms with van der Waals surface area (Å²) in [6.45, 7) is 10.1. The largest absolute Gasteiger partial charge is 0.481 e. The van der Waals surface area contributed by atoms with Gasteiger partial charge in [0.25, 0.3) is 0 Å². The quantitative estimate of drug-likeness (QED) is 0.825. The van der Waals surface area contributed by atoms with Gasteiger partial charge >= 0.3 is 12.0 Å². The van der Waals surface area contributed by atoms with Crippen molar-refractivity contribution in [1.82, 2.24) is 10.2 Å². The Morgan fingerprint density at radius 3 is 2.58 bits per heavy atom. The van der Waals surface area contributed by atoms with Crippen LogP contribution in [0.25, 0.3) is 0 Å². The van der Waals surface area contributed by atoms with E-state index in [1.807, 2.05) is 0 Å². The number of piperidine rings is 1. The summed E-state index contributed by atoms with van der Waals surface area (Å²) < 4.78 is 0. The van der Waals surface area contributed by atoms with Crippen LogP contribution in [0.1, 0.15) is 40.5 Å². The predicted octanol–water partition coefficient (Wildman–Crippen LogP) is 2.17. The number of nitrogens with zero attached hydrogens (tertiary/aromatic N) is 1. The molecule has 1 aliphatic heterocycles. The van der Waals surface area contributed by atoms with Gasteiger partial charge in [-0.2, -0.15) is 0 Å². The molecule has 19 heavy (non-hydrogen) atoms. The first-order valence-corrected chi connectivity index (χ1v) is 6.97. The van der Waals surface area contributed by atoms with Gasteiger partial charge in [-0.15, -0.1) is 0 Å². The molecule has 0 aliphatic carbocycles. The zero-order valence-corrected chi connectivity index (χ0v) is 12.4. The minimum Gasteiger partial charge on any atom is -0.481 e. The van der Waals surface area contributed by atoms with Crippen molar-refractivity contribution in [3.63, 3.8) is 0 Å². The number of carboxylic acids is 1. The molecule has 1 rings (SSSR count). The minimum atomic E-state index is -0.805. The summed E-state index contributed by atoms with van der Waals surface area (Å²) in [6, 6.07) is -0.137. The lowest BCUT2D eigenvalue weighted by molar-refractivity contribution is -0.143. The smallest absolute Gasteiger partial charge is 0.317 e. The Balaban J connectivity index is 2.43. The van der Waals surface area contributed by atoms with Gasteiger partial charge in [-0.3, -0.25) is 4.79 Å². The third-order valence-corrected chi connectivity index (χ3v) is 4.10. The number of likely N-dealkylation sites (tertiary alicyclic amines) is 1. The molecule has 2 amide bonds. The van der Waals surface area contributed by atoms with Crippen molar-refractivity contribution >= 4 is 12.0 Å². The van der Waals surface area contributed by atoms with E-state index >= 15 is 0 Å². The molecule has 1 fully saturated rings. The lowest BCUT2D eigenvalue weighted by Gasteiger charge is -2.32. The Labute approximate surface area is 115 Å². The number of carbonyl (C=O) groups excluding carboxylic acids is 1. The SMILES string of the molecule is CC(CNC(=O)N1CCC[C@H](C(=O)O)C1)C(C)(C)C. The van der Waals surface area contributed by atoms with E-state index < -0.39 is 11.9 Å². The second-order valence-corrected chi connectivity index (χ2v) is 6.58. The molecule has 0 bridgehead atoms. The zero-order valence-electron chi connectivity index (χ0n) is 12.4. The number of amides is 2. The maximum Gasteiger partial charge on any atom is 0.317 e. The van der Waals surface area contributed by atoms with Crippen molar-refractivity contribution in [2.45, 2.75) is 40.5 Å². The van der Waals surface area contributed by atoms with Crippen LogP contribution >= 0.6 is 0 Å². The normalized spacial score (nSPS) is 21.9. The Morgan fingerprint density at radius 2 is 2.05 bits per heavy atom. The van der Waals surface area contributed by atoms with E-state index in [0.29, 0.717) is 32.0 Å². The van der Waals surface area contributed by atoms with E-state index in [1.54, 1.807) is 4.90 Å². The molecule has 5 heteroatoms. The lowest BCUT2D eigenvalue weighted by atomic mass is 9.82. The number of urea groups is 1. The number of carbonyl (C=O) groups is 2. The summed E-state index contributed by atoms with van der Waals surface area (Å²) >= 11 is 0. The van der Waals surface area contributed by atoms with Gasteiger partial charge < -0.3 is 15.3 Å². The Hall–Kier alpha value is -1.26. The van der Waals surface area contributed by atoms with Crippen molar-refractivity contribution in [1.29, 1.82) is 0 Å². The van der Waals surface area contributed by atoms with Gasteiger partial charge in [-0.05, 0) is 24.2 Å². The number of nitrogens with one attached hydrogen (secondary N) is 1. The fourth-order valence-electron chi connectivity index (χ4n) is 2.02. The van der Waals surface area contributed by atoms with Crippen molar-refractivity contribution in [2.24, 2.45) is 17.3 Å². The maximum absolute atomic E-state index is 12.0. The summed E-state index contributed by atoms with van der Waals surface area (Å²) in [7, 11) is 0. The van der Waals surface area contributed by atoms with Gasteiger partial charge in [0.05, 0.1) is 5.92 Å². The number of aliphatic carboxylic acids is 1. The molecule has 0 radical (unpaired) electrons. The molecule has 0 spiro atoms. The van der Waals surface area contributed by atoms with Crippen LogP contribution in [0.4, 0.5) is 4.79 Å². The molecule has 1 heterocycles. The highest BCUT2D eigenvalue weighted by atomic mass is 16.4. The average molecular weight is 270 g/mol. The van der Waals surface area contributed by atoms with Gasteiger partial charge in [-0.25, -0.2) is 4.79 Å². The van der Waals surface area contributed by atoms with Crippen LogP contribution < -0.4 is 5.32 Å². The number of hydrogen-bond acceptors (Lipinski definition) is 2. The Bertz CT molecular complexity index is 336. The van der Waals surface area contributed by atoms with Crippen molar-refractivity contribution < 1.29 is 14.7 Å². The molecule has 2 N–H and O–H groups in total. The Morgan fingerprint density at radius 1 is 1.42 bits per heavy atom. The molecule has 110 valence electrons. The van der Waals surface area contributed by atoms with Crippen LogP contribution in [-0.2, 0) is 4.79 Å². The van der Waals surface area contributed by atoms with Gasteiger partial charge in [0.1, 0.15) is 0 Å². The summed E-state index contributed by atoms with van der Waals surface area (Å²) in [5, 5.41) is 11.9. The van der Waals surface area contributed by atoms with Gasteiger partial charge in [0.15, 0.2) is 0 Å². The van der Waals surface area contributed by atoms with Crippen molar-refractivity contribution in [3.05, 3.63) is 0 Å². The lowest BCUT2D eigenvalue weighted by Crippen LogP contribution is -2.48. The zero-order chi connectivity index (χ0) is 14.6.